The zero-order valence-corrected chi connectivity index (χ0v) is 12.6. The lowest BCUT2D eigenvalue weighted by molar-refractivity contribution is 0.159. The maximum Gasteiger partial charge on any atom is 0.170 e. The van der Waals surface area contributed by atoms with Gasteiger partial charge in [0, 0.05) is 19.2 Å². The van der Waals surface area contributed by atoms with Crippen LogP contribution in [0.3, 0.4) is 0 Å². The first-order valence-corrected chi connectivity index (χ1v) is 8.04. The minimum atomic E-state index is 0.654. The van der Waals surface area contributed by atoms with Crippen LogP contribution in [0.2, 0.25) is 0 Å². The number of nitrogens with zero attached hydrogens (tertiary/aromatic N) is 5. The molecule has 1 aromatic carbocycles. The van der Waals surface area contributed by atoms with Crippen molar-refractivity contribution in [3.05, 3.63) is 36.2 Å². The highest BCUT2D eigenvalue weighted by Crippen LogP contribution is 2.30. The Kier molecular flexibility index (Phi) is 3.86. The zero-order chi connectivity index (χ0) is 14.8. The number of rotatable bonds is 6. The highest BCUT2D eigenvalue weighted by Gasteiger charge is 2.32. The summed E-state index contributed by atoms with van der Waals surface area (Å²) in [5, 5.41) is 12.3. The normalized spacial score (nSPS) is 21.6. The van der Waals surface area contributed by atoms with Gasteiger partial charge in [-0.2, -0.15) is 4.68 Å². The highest BCUT2D eigenvalue weighted by atomic mass is 16.5. The molecular formula is C16H21N5O. The second-order valence-corrected chi connectivity index (χ2v) is 6.23. The fraction of sp³-hybridized carbons (Fsp3) is 0.562. The van der Waals surface area contributed by atoms with E-state index in [4.69, 9.17) is 4.74 Å². The van der Waals surface area contributed by atoms with Crippen molar-refractivity contribution in [2.24, 2.45) is 5.92 Å². The van der Waals surface area contributed by atoms with Crippen LogP contribution < -0.4 is 0 Å². The van der Waals surface area contributed by atoms with Crippen LogP contribution in [0.5, 0.6) is 0 Å². The van der Waals surface area contributed by atoms with Crippen LogP contribution in [0, 0.1) is 5.92 Å². The van der Waals surface area contributed by atoms with Crippen LogP contribution in [0.25, 0.3) is 5.69 Å². The molecule has 0 bridgehead atoms. The molecule has 2 fully saturated rings. The summed E-state index contributed by atoms with van der Waals surface area (Å²) < 4.78 is 7.36. The Morgan fingerprint density at radius 2 is 2.05 bits per heavy atom. The quantitative estimate of drug-likeness (QED) is 0.812. The Morgan fingerprint density at radius 1 is 1.18 bits per heavy atom. The van der Waals surface area contributed by atoms with E-state index in [2.05, 4.69) is 20.4 Å². The number of benzene rings is 1. The van der Waals surface area contributed by atoms with Crippen molar-refractivity contribution in [2.45, 2.75) is 31.8 Å². The third-order valence-corrected chi connectivity index (χ3v) is 4.46. The van der Waals surface area contributed by atoms with Gasteiger partial charge in [-0.25, -0.2) is 0 Å². The van der Waals surface area contributed by atoms with Gasteiger partial charge in [0.2, 0.25) is 0 Å². The van der Waals surface area contributed by atoms with Crippen molar-refractivity contribution < 1.29 is 4.74 Å². The number of aromatic nitrogens is 4. The Hall–Kier alpha value is -1.79. The third-order valence-electron chi connectivity index (χ3n) is 4.46. The van der Waals surface area contributed by atoms with Gasteiger partial charge in [-0.15, -0.1) is 5.10 Å². The van der Waals surface area contributed by atoms with Crippen molar-refractivity contribution in [1.29, 1.82) is 0 Å². The van der Waals surface area contributed by atoms with E-state index >= 15 is 0 Å². The summed E-state index contributed by atoms with van der Waals surface area (Å²) >= 11 is 0. The minimum absolute atomic E-state index is 0.654. The molecule has 0 amide bonds. The van der Waals surface area contributed by atoms with Crippen molar-refractivity contribution in [3.63, 3.8) is 0 Å². The van der Waals surface area contributed by atoms with E-state index < -0.39 is 0 Å². The summed E-state index contributed by atoms with van der Waals surface area (Å²) in [6, 6.07) is 10.8. The fourth-order valence-corrected chi connectivity index (χ4v) is 3.10. The van der Waals surface area contributed by atoms with E-state index in [0.717, 1.165) is 37.8 Å². The second kappa shape index (κ2) is 6.14. The average Bonchev–Trinajstić information content (AvgIpc) is 3.08. The molecule has 1 aliphatic heterocycles. The number of hydrogen-bond donors (Lipinski definition) is 0. The van der Waals surface area contributed by atoms with E-state index in [0.29, 0.717) is 12.0 Å². The van der Waals surface area contributed by atoms with Crippen LogP contribution in [-0.2, 0) is 11.3 Å². The molecule has 1 saturated carbocycles. The Bertz CT molecular complexity index is 604. The van der Waals surface area contributed by atoms with E-state index in [-0.39, 0.29) is 0 Å². The van der Waals surface area contributed by atoms with Crippen molar-refractivity contribution >= 4 is 0 Å². The maximum absolute atomic E-state index is 5.51. The molecule has 1 atom stereocenters. The smallest absolute Gasteiger partial charge is 0.170 e. The largest absolute Gasteiger partial charge is 0.381 e. The molecule has 22 heavy (non-hydrogen) atoms. The first-order chi connectivity index (χ1) is 10.9. The molecule has 1 saturated heterocycles. The van der Waals surface area contributed by atoms with Gasteiger partial charge >= 0.3 is 0 Å². The van der Waals surface area contributed by atoms with Crippen LogP contribution in [-0.4, -0.2) is 50.9 Å². The average molecular weight is 299 g/mol. The topological polar surface area (TPSA) is 56.1 Å². The molecule has 0 spiro atoms. The summed E-state index contributed by atoms with van der Waals surface area (Å²) in [4.78, 5) is 2.53. The van der Waals surface area contributed by atoms with Gasteiger partial charge in [0.05, 0.1) is 18.8 Å². The van der Waals surface area contributed by atoms with Crippen LogP contribution in [0.1, 0.15) is 25.1 Å². The lowest BCUT2D eigenvalue weighted by Gasteiger charge is -2.24. The molecule has 2 aromatic rings. The lowest BCUT2D eigenvalue weighted by atomic mass is 10.1. The van der Waals surface area contributed by atoms with Crippen LogP contribution in [0.4, 0.5) is 0 Å². The van der Waals surface area contributed by atoms with Crippen LogP contribution >= 0.6 is 0 Å². The highest BCUT2D eigenvalue weighted by molar-refractivity contribution is 5.30. The Morgan fingerprint density at radius 3 is 2.77 bits per heavy atom. The molecule has 0 N–H and O–H groups in total. The SMILES string of the molecule is c1ccc(-n2nnnc2CN(C[C@H]2CCOC2)C2CC2)cc1. The fourth-order valence-electron chi connectivity index (χ4n) is 3.10. The monoisotopic (exact) mass is 299 g/mol. The molecule has 6 heteroatoms. The summed E-state index contributed by atoms with van der Waals surface area (Å²) in [7, 11) is 0. The standard InChI is InChI=1S/C16H21N5O/c1-2-4-15(5-3-1)21-16(17-18-19-21)11-20(14-6-7-14)10-13-8-9-22-12-13/h1-5,13-14H,6-12H2/t13-/m1/s1. The molecule has 2 aliphatic rings. The predicted octanol–water partition coefficient (Wildman–Crippen LogP) is 1.66. The second-order valence-electron chi connectivity index (χ2n) is 6.23. The predicted molar refractivity (Wildman–Crippen MR) is 81.5 cm³/mol. The summed E-state index contributed by atoms with van der Waals surface area (Å²) in [6.07, 6.45) is 3.76. The zero-order valence-electron chi connectivity index (χ0n) is 12.6. The first-order valence-electron chi connectivity index (χ1n) is 8.04. The van der Waals surface area contributed by atoms with E-state index in [1.807, 2.05) is 35.0 Å². The molecule has 116 valence electrons. The molecular weight excluding hydrogens is 278 g/mol. The minimum Gasteiger partial charge on any atom is -0.381 e. The van der Waals surface area contributed by atoms with Gasteiger partial charge in [0.1, 0.15) is 0 Å². The van der Waals surface area contributed by atoms with Crippen LogP contribution in [0.15, 0.2) is 30.3 Å². The third kappa shape index (κ3) is 3.03. The molecule has 2 heterocycles. The van der Waals surface area contributed by atoms with Gasteiger partial charge in [0.25, 0.3) is 0 Å². The summed E-state index contributed by atoms with van der Waals surface area (Å²) in [6.45, 7) is 3.70. The van der Waals surface area contributed by atoms with Gasteiger partial charge in [-0.05, 0) is 47.7 Å². The van der Waals surface area contributed by atoms with Gasteiger partial charge in [0.15, 0.2) is 5.82 Å². The van der Waals surface area contributed by atoms with Crippen molar-refractivity contribution in [1.82, 2.24) is 25.1 Å². The maximum atomic E-state index is 5.51. The van der Waals surface area contributed by atoms with Crippen molar-refractivity contribution in [2.75, 3.05) is 19.8 Å². The molecule has 4 rings (SSSR count). The number of ether oxygens (including phenoxy) is 1. The molecule has 1 aromatic heterocycles. The number of hydrogen-bond acceptors (Lipinski definition) is 5. The number of tetrazole rings is 1. The number of para-hydroxylation sites is 1. The molecule has 6 nitrogen and oxygen atoms in total. The summed E-state index contributed by atoms with van der Waals surface area (Å²) in [5.74, 6) is 1.57. The summed E-state index contributed by atoms with van der Waals surface area (Å²) in [5.41, 5.74) is 1.02. The van der Waals surface area contributed by atoms with E-state index in [1.165, 1.54) is 19.3 Å². The Balaban J connectivity index is 1.50. The van der Waals surface area contributed by atoms with Gasteiger partial charge in [-0.3, -0.25) is 4.90 Å². The van der Waals surface area contributed by atoms with E-state index in [9.17, 15) is 0 Å². The molecule has 0 unspecified atom stereocenters. The Labute approximate surface area is 130 Å². The van der Waals surface area contributed by atoms with E-state index in [1.54, 1.807) is 0 Å². The van der Waals surface area contributed by atoms with Gasteiger partial charge < -0.3 is 4.74 Å². The molecule has 0 radical (unpaired) electrons. The molecule has 1 aliphatic carbocycles. The first kappa shape index (κ1) is 13.8. The van der Waals surface area contributed by atoms with Gasteiger partial charge in [-0.1, -0.05) is 18.2 Å². The lowest BCUT2D eigenvalue weighted by Crippen LogP contribution is -2.32. The van der Waals surface area contributed by atoms with Crippen molar-refractivity contribution in [3.8, 4) is 5.69 Å².